The summed E-state index contributed by atoms with van der Waals surface area (Å²) in [6, 6.07) is 7.34. The van der Waals surface area contributed by atoms with E-state index in [-0.39, 0.29) is 12.7 Å². The number of thiophene rings is 1. The molecule has 1 aromatic carbocycles. The molecule has 0 fully saturated rings. The summed E-state index contributed by atoms with van der Waals surface area (Å²) in [4.78, 5) is 14.0. The van der Waals surface area contributed by atoms with Crippen molar-refractivity contribution in [2.45, 2.75) is 0 Å². The fraction of sp³-hybridized carbons (Fsp3) is 0.250. The van der Waals surface area contributed by atoms with E-state index in [4.69, 9.17) is 9.84 Å². The largest absolute Gasteiger partial charge is 0.467 e. The van der Waals surface area contributed by atoms with E-state index < -0.39 is 0 Å². The molecule has 0 unspecified atom stereocenters. The molecule has 1 heterocycles. The molecule has 2 rings (SSSR count). The first-order valence-electron chi connectivity index (χ1n) is 5.11. The molecule has 0 aliphatic rings. The lowest BCUT2D eigenvalue weighted by molar-refractivity contribution is 0.0832. The number of hydrogen-bond acceptors (Lipinski definition) is 4. The highest BCUT2D eigenvalue weighted by atomic mass is 32.1. The first kappa shape index (κ1) is 11.9. The summed E-state index contributed by atoms with van der Waals surface area (Å²) in [6.07, 6.45) is 0. The van der Waals surface area contributed by atoms with Crippen LogP contribution in [0.1, 0.15) is 9.67 Å². The fourth-order valence-corrected chi connectivity index (χ4v) is 2.66. The Morgan fingerprint density at radius 1 is 1.47 bits per heavy atom. The van der Waals surface area contributed by atoms with Crippen LogP contribution in [0.25, 0.3) is 10.1 Å². The van der Waals surface area contributed by atoms with Crippen LogP contribution in [0.2, 0.25) is 0 Å². The predicted octanol–water partition coefficient (Wildman–Crippen LogP) is 1.93. The van der Waals surface area contributed by atoms with Crippen molar-refractivity contribution in [1.29, 1.82) is 0 Å². The third-order valence-electron chi connectivity index (χ3n) is 2.36. The first-order chi connectivity index (χ1) is 8.13. The molecule has 1 N–H and O–H groups in total. The summed E-state index contributed by atoms with van der Waals surface area (Å²) in [5, 5.41) is 9.65. The van der Waals surface area contributed by atoms with Crippen LogP contribution in [-0.4, -0.2) is 36.8 Å². The third-order valence-corrected chi connectivity index (χ3v) is 3.45. The minimum absolute atomic E-state index is 0.0267. The van der Waals surface area contributed by atoms with Crippen LogP contribution < -0.4 is 4.74 Å². The van der Waals surface area contributed by atoms with Gasteiger partial charge in [0.1, 0.15) is 5.75 Å². The lowest BCUT2D eigenvalue weighted by atomic mass is 10.2. The Kier molecular flexibility index (Phi) is 3.31. The van der Waals surface area contributed by atoms with Gasteiger partial charge in [0.05, 0.1) is 4.88 Å². The number of carbonyl (C=O) groups is 1. The van der Waals surface area contributed by atoms with Gasteiger partial charge in [0.25, 0.3) is 5.91 Å². The van der Waals surface area contributed by atoms with E-state index in [1.807, 2.05) is 12.1 Å². The average Bonchev–Trinajstić information content (AvgIpc) is 2.73. The Balaban J connectivity index is 2.50. The molecule has 0 saturated heterocycles. The van der Waals surface area contributed by atoms with Crippen molar-refractivity contribution in [2.75, 3.05) is 20.9 Å². The van der Waals surface area contributed by atoms with E-state index in [2.05, 4.69) is 0 Å². The maximum absolute atomic E-state index is 11.8. The highest BCUT2D eigenvalue weighted by molar-refractivity contribution is 7.20. The molecule has 0 radical (unpaired) electrons. The summed E-state index contributed by atoms with van der Waals surface area (Å²) >= 11 is 1.42. The molecular weight excluding hydrogens is 238 g/mol. The van der Waals surface area contributed by atoms with Crippen LogP contribution >= 0.6 is 11.3 Å². The van der Waals surface area contributed by atoms with Gasteiger partial charge < -0.3 is 14.7 Å². The van der Waals surface area contributed by atoms with E-state index in [1.165, 1.54) is 16.2 Å². The van der Waals surface area contributed by atoms with Crippen LogP contribution in [0.15, 0.2) is 24.3 Å². The molecule has 0 saturated carbocycles. The summed E-state index contributed by atoms with van der Waals surface area (Å²) in [6.45, 7) is -0.369. The molecule has 2 aromatic rings. The van der Waals surface area contributed by atoms with Crippen LogP contribution in [0.4, 0.5) is 0 Å². The van der Waals surface area contributed by atoms with Gasteiger partial charge in [-0.1, -0.05) is 6.07 Å². The zero-order chi connectivity index (χ0) is 12.4. The lowest BCUT2D eigenvalue weighted by Gasteiger charge is -2.06. The van der Waals surface area contributed by atoms with Crippen molar-refractivity contribution in [3.63, 3.8) is 0 Å². The second-order valence-corrected chi connectivity index (χ2v) is 4.84. The Morgan fingerprint density at radius 2 is 2.24 bits per heavy atom. The first-order valence-corrected chi connectivity index (χ1v) is 5.93. The number of aliphatic hydroxyl groups is 1. The Morgan fingerprint density at radius 3 is 2.88 bits per heavy atom. The van der Waals surface area contributed by atoms with E-state index in [9.17, 15) is 4.79 Å². The minimum atomic E-state index is -0.369. The molecule has 17 heavy (non-hydrogen) atoms. The Labute approximate surface area is 103 Å². The average molecular weight is 251 g/mol. The van der Waals surface area contributed by atoms with Crippen LogP contribution in [0.3, 0.4) is 0 Å². The van der Waals surface area contributed by atoms with Crippen molar-refractivity contribution in [3.8, 4) is 5.75 Å². The number of carbonyl (C=O) groups excluding carboxylic acids is 1. The van der Waals surface area contributed by atoms with Gasteiger partial charge in [0, 0.05) is 24.2 Å². The van der Waals surface area contributed by atoms with Crippen molar-refractivity contribution < 1.29 is 14.6 Å². The summed E-state index contributed by atoms with van der Waals surface area (Å²) in [5.74, 6) is 0.570. The number of amides is 1. The zero-order valence-corrected chi connectivity index (χ0v) is 10.5. The SMILES string of the molecule is CN(C)C(=O)c1cc2c(OCO)cccc2s1. The van der Waals surface area contributed by atoms with E-state index >= 15 is 0 Å². The molecule has 0 aliphatic carbocycles. The molecule has 0 atom stereocenters. The van der Waals surface area contributed by atoms with Crippen molar-refractivity contribution >= 4 is 27.3 Å². The van der Waals surface area contributed by atoms with Crippen molar-refractivity contribution in [3.05, 3.63) is 29.1 Å². The summed E-state index contributed by atoms with van der Waals surface area (Å²) < 4.78 is 6.08. The number of fused-ring (bicyclic) bond motifs is 1. The minimum Gasteiger partial charge on any atom is -0.467 e. The van der Waals surface area contributed by atoms with E-state index in [0.717, 1.165) is 10.1 Å². The highest BCUT2D eigenvalue weighted by Crippen LogP contribution is 2.33. The van der Waals surface area contributed by atoms with Gasteiger partial charge in [-0.2, -0.15) is 0 Å². The third kappa shape index (κ3) is 2.25. The normalized spacial score (nSPS) is 10.5. The molecular formula is C12H13NO3S. The fourth-order valence-electron chi connectivity index (χ4n) is 1.56. The van der Waals surface area contributed by atoms with Gasteiger partial charge in [-0.05, 0) is 18.2 Å². The van der Waals surface area contributed by atoms with Gasteiger partial charge in [0.2, 0.25) is 0 Å². The number of benzene rings is 1. The van der Waals surface area contributed by atoms with Gasteiger partial charge >= 0.3 is 0 Å². The lowest BCUT2D eigenvalue weighted by Crippen LogP contribution is -2.20. The molecule has 5 heteroatoms. The van der Waals surface area contributed by atoms with Crippen molar-refractivity contribution in [2.24, 2.45) is 0 Å². The highest BCUT2D eigenvalue weighted by Gasteiger charge is 2.14. The summed E-state index contributed by atoms with van der Waals surface area (Å²) in [7, 11) is 3.44. The summed E-state index contributed by atoms with van der Waals surface area (Å²) in [5.41, 5.74) is 0. The van der Waals surface area contributed by atoms with Gasteiger partial charge in [-0.25, -0.2) is 0 Å². The van der Waals surface area contributed by atoms with Crippen LogP contribution in [0, 0.1) is 0 Å². The Hall–Kier alpha value is -1.59. The van der Waals surface area contributed by atoms with Gasteiger partial charge in [-0.3, -0.25) is 4.79 Å². The number of nitrogens with zero attached hydrogens (tertiary/aromatic N) is 1. The molecule has 1 aromatic heterocycles. The number of rotatable bonds is 3. The molecule has 0 spiro atoms. The van der Waals surface area contributed by atoms with Gasteiger partial charge in [-0.15, -0.1) is 11.3 Å². The second kappa shape index (κ2) is 4.73. The topological polar surface area (TPSA) is 49.8 Å². The monoisotopic (exact) mass is 251 g/mol. The molecule has 0 aliphatic heterocycles. The quantitative estimate of drug-likeness (QED) is 0.848. The van der Waals surface area contributed by atoms with Crippen molar-refractivity contribution in [1.82, 2.24) is 4.90 Å². The van der Waals surface area contributed by atoms with E-state index in [0.29, 0.717) is 10.6 Å². The smallest absolute Gasteiger partial charge is 0.263 e. The van der Waals surface area contributed by atoms with E-state index in [1.54, 1.807) is 26.2 Å². The molecule has 0 bridgehead atoms. The maximum Gasteiger partial charge on any atom is 0.263 e. The molecule has 90 valence electrons. The predicted molar refractivity (Wildman–Crippen MR) is 67.6 cm³/mol. The standard InChI is InChI=1S/C12H13NO3S/c1-13(2)12(15)11-6-8-9(16-7-14)4-3-5-10(8)17-11/h3-6,14H,7H2,1-2H3. The zero-order valence-electron chi connectivity index (χ0n) is 9.64. The maximum atomic E-state index is 11.8. The number of hydrogen-bond donors (Lipinski definition) is 1. The second-order valence-electron chi connectivity index (χ2n) is 3.75. The number of ether oxygens (including phenoxy) is 1. The molecule has 4 nitrogen and oxygen atoms in total. The van der Waals surface area contributed by atoms with Crippen LogP contribution in [-0.2, 0) is 0 Å². The number of aliphatic hydroxyl groups excluding tert-OH is 1. The van der Waals surface area contributed by atoms with Gasteiger partial charge in [0.15, 0.2) is 6.79 Å². The molecule has 1 amide bonds. The Bertz CT molecular complexity index is 548. The van der Waals surface area contributed by atoms with Crippen LogP contribution in [0.5, 0.6) is 5.75 Å².